The van der Waals surface area contributed by atoms with E-state index in [2.05, 4.69) is 61.7 Å². The Morgan fingerprint density at radius 3 is 2.39 bits per heavy atom. The van der Waals surface area contributed by atoms with Crippen molar-refractivity contribution in [2.24, 2.45) is 0 Å². The number of hydrogen-bond acceptors (Lipinski definition) is 9. The smallest absolute Gasteiger partial charge is 0.367 e. The molecule has 1 atom stereocenters. The summed E-state index contributed by atoms with van der Waals surface area (Å²) >= 11 is 1.10. The molecular weight excluding hydrogens is 672 g/mol. The number of piperidine rings is 2. The molecule has 4 aromatic rings. The molecule has 2 aliphatic heterocycles. The Hall–Kier alpha value is -3.25. The van der Waals surface area contributed by atoms with E-state index in [1.54, 1.807) is 13.8 Å². The van der Waals surface area contributed by atoms with Crippen molar-refractivity contribution in [3.05, 3.63) is 51.3 Å². The molecule has 5 heterocycles. The summed E-state index contributed by atoms with van der Waals surface area (Å²) in [6, 6.07) is 8.97. The highest BCUT2D eigenvalue weighted by Gasteiger charge is 2.32. The number of nitriles is 1. The van der Waals surface area contributed by atoms with Crippen molar-refractivity contribution >= 4 is 48.1 Å². The second kappa shape index (κ2) is 13.8. The molecule has 0 bridgehead atoms. The van der Waals surface area contributed by atoms with Crippen LogP contribution in [0.5, 0.6) is 0 Å². The molecule has 0 radical (unpaired) electrons. The van der Waals surface area contributed by atoms with Gasteiger partial charge in [-0.3, -0.25) is 9.80 Å². The van der Waals surface area contributed by atoms with Gasteiger partial charge in [0.25, 0.3) is 0 Å². The highest BCUT2D eigenvalue weighted by atomic mass is 32.2. The molecule has 14 heteroatoms. The zero-order valence-electron chi connectivity index (χ0n) is 28.7. The van der Waals surface area contributed by atoms with Crippen LogP contribution in [0.1, 0.15) is 65.7 Å². The van der Waals surface area contributed by atoms with Crippen LogP contribution in [0.15, 0.2) is 18.2 Å². The second-order valence-corrected chi connectivity index (χ2v) is 17.3. The molecule has 9 nitrogen and oxygen atoms in total. The second-order valence-electron chi connectivity index (χ2n) is 13.9. The van der Waals surface area contributed by atoms with E-state index in [0.717, 1.165) is 73.4 Å². The lowest BCUT2D eigenvalue weighted by molar-refractivity contribution is -0.126. The maximum absolute atomic E-state index is 13.2. The maximum Gasteiger partial charge on any atom is 0.393 e. The van der Waals surface area contributed by atoms with Crippen molar-refractivity contribution in [1.82, 2.24) is 24.3 Å². The van der Waals surface area contributed by atoms with E-state index >= 15 is 0 Å². The molecule has 3 aromatic heterocycles. The van der Waals surface area contributed by atoms with E-state index in [9.17, 15) is 26.9 Å². The topological polar surface area (TPSA) is 107 Å². The third-order valence-electron chi connectivity index (χ3n) is 10.4. The number of aryl methyl sites for hydroxylation is 3. The SMILES string of the molecule is Cc1nc(NC2CCN(Cc3ccc4c(cc(C#N)n4C[C@H](C)N4CCC(S(C)(=O)=O)CC4)c3C)CC2)c2c(C)c(CC(F)(F)F)sc2n1. The summed E-state index contributed by atoms with van der Waals surface area (Å²) in [7, 11) is -3.03. The number of fused-ring (bicyclic) bond motifs is 2. The molecular formula is C35H44F3N7O2S2. The van der Waals surface area contributed by atoms with Gasteiger partial charge in [0.15, 0.2) is 0 Å². The molecule has 0 amide bonds. The molecule has 1 aromatic carbocycles. The first-order valence-electron chi connectivity index (χ1n) is 16.9. The number of sulfone groups is 1. The normalized spacial score (nSPS) is 18.3. The minimum absolute atomic E-state index is 0.147. The number of hydrogen-bond donors (Lipinski definition) is 1. The van der Waals surface area contributed by atoms with E-state index in [1.165, 1.54) is 11.8 Å². The Morgan fingerprint density at radius 1 is 1.06 bits per heavy atom. The van der Waals surface area contributed by atoms with Crippen molar-refractivity contribution in [2.75, 3.05) is 37.8 Å². The van der Waals surface area contributed by atoms with Crippen molar-refractivity contribution < 1.29 is 21.6 Å². The van der Waals surface area contributed by atoms with Gasteiger partial charge in [-0.25, -0.2) is 18.4 Å². The van der Waals surface area contributed by atoms with Crippen molar-refractivity contribution in [1.29, 1.82) is 5.26 Å². The fourth-order valence-electron chi connectivity index (χ4n) is 7.52. The van der Waals surface area contributed by atoms with Gasteiger partial charge in [-0.1, -0.05) is 6.07 Å². The number of halogens is 3. The van der Waals surface area contributed by atoms with Crippen LogP contribution in [0.4, 0.5) is 19.0 Å². The van der Waals surface area contributed by atoms with Gasteiger partial charge >= 0.3 is 6.18 Å². The number of likely N-dealkylation sites (tertiary alicyclic amines) is 2. The summed E-state index contributed by atoms with van der Waals surface area (Å²) in [5.74, 6) is 1.16. The van der Waals surface area contributed by atoms with Crippen molar-refractivity contribution in [2.45, 2.75) is 96.4 Å². The fourth-order valence-corrected chi connectivity index (χ4v) is 9.84. The Bertz CT molecular complexity index is 2000. The van der Waals surface area contributed by atoms with Crippen LogP contribution >= 0.6 is 11.3 Å². The third-order valence-corrected chi connectivity index (χ3v) is 13.3. The molecule has 1 N–H and O–H groups in total. The first-order valence-corrected chi connectivity index (χ1v) is 19.7. The first-order chi connectivity index (χ1) is 23.1. The number of thiophene rings is 1. The number of anilines is 1. The summed E-state index contributed by atoms with van der Waals surface area (Å²) in [6.45, 7) is 12.4. The van der Waals surface area contributed by atoms with Crippen LogP contribution < -0.4 is 5.32 Å². The van der Waals surface area contributed by atoms with Gasteiger partial charge in [-0.05, 0) is 95.3 Å². The molecule has 2 fully saturated rings. The largest absolute Gasteiger partial charge is 0.393 e. The first kappa shape index (κ1) is 35.6. The summed E-state index contributed by atoms with van der Waals surface area (Å²) in [4.78, 5) is 14.7. The summed E-state index contributed by atoms with van der Waals surface area (Å²) in [5.41, 5.74) is 4.64. The molecule has 264 valence electrons. The Balaban J connectivity index is 1.11. The van der Waals surface area contributed by atoms with Crippen molar-refractivity contribution in [3.63, 3.8) is 0 Å². The molecule has 6 rings (SSSR count). The Morgan fingerprint density at radius 2 is 1.76 bits per heavy atom. The number of alkyl halides is 3. The van der Waals surface area contributed by atoms with E-state index in [4.69, 9.17) is 0 Å². The maximum atomic E-state index is 13.2. The van der Waals surface area contributed by atoms with Crippen LogP contribution in [-0.2, 0) is 29.3 Å². The molecule has 2 aliphatic rings. The molecule has 0 spiro atoms. The van der Waals surface area contributed by atoms with Gasteiger partial charge in [0.05, 0.1) is 17.1 Å². The molecule has 49 heavy (non-hydrogen) atoms. The quantitative estimate of drug-likeness (QED) is 0.209. The minimum atomic E-state index is -4.28. The van der Waals surface area contributed by atoms with Crippen LogP contribution in [-0.4, -0.2) is 88.7 Å². The Kier molecular flexibility index (Phi) is 10.0. The lowest BCUT2D eigenvalue weighted by atomic mass is 10.0. The molecule has 0 saturated carbocycles. The molecule has 2 saturated heterocycles. The lowest BCUT2D eigenvalue weighted by Crippen LogP contribution is -2.44. The fraction of sp³-hybridized carbons (Fsp3) is 0.571. The number of aromatic nitrogens is 3. The van der Waals surface area contributed by atoms with Crippen LogP contribution in [0.25, 0.3) is 21.1 Å². The van der Waals surface area contributed by atoms with Gasteiger partial charge in [-0.2, -0.15) is 18.4 Å². The minimum Gasteiger partial charge on any atom is -0.367 e. The zero-order chi connectivity index (χ0) is 35.2. The van der Waals surface area contributed by atoms with Crippen LogP contribution in [0.2, 0.25) is 0 Å². The zero-order valence-corrected chi connectivity index (χ0v) is 30.3. The summed E-state index contributed by atoms with van der Waals surface area (Å²) < 4.78 is 65.7. The lowest BCUT2D eigenvalue weighted by Gasteiger charge is -2.35. The number of nitrogens with one attached hydrogen (secondary N) is 1. The third kappa shape index (κ3) is 7.75. The number of rotatable bonds is 9. The summed E-state index contributed by atoms with van der Waals surface area (Å²) in [5, 5.41) is 15.1. The van der Waals surface area contributed by atoms with E-state index in [0.29, 0.717) is 52.5 Å². The highest BCUT2D eigenvalue weighted by Crippen LogP contribution is 2.38. The number of benzene rings is 1. The van der Waals surface area contributed by atoms with Crippen LogP contribution in [0, 0.1) is 32.1 Å². The van der Waals surface area contributed by atoms with Crippen molar-refractivity contribution in [3.8, 4) is 6.07 Å². The highest BCUT2D eigenvalue weighted by molar-refractivity contribution is 7.91. The van der Waals surface area contributed by atoms with Gasteiger partial charge in [0.1, 0.15) is 38.1 Å². The summed E-state index contributed by atoms with van der Waals surface area (Å²) in [6.07, 6.45) is -0.885. The molecule has 0 unspecified atom stereocenters. The van der Waals surface area contributed by atoms with E-state index in [-0.39, 0.29) is 22.2 Å². The monoisotopic (exact) mass is 715 g/mol. The predicted octanol–water partition coefficient (Wildman–Crippen LogP) is 6.52. The van der Waals surface area contributed by atoms with E-state index in [1.807, 2.05) is 6.07 Å². The average molecular weight is 716 g/mol. The van der Waals surface area contributed by atoms with Gasteiger partial charge in [0.2, 0.25) is 0 Å². The Labute approximate surface area is 290 Å². The van der Waals surface area contributed by atoms with Gasteiger partial charge in [-0.15, -0.1) is 11.3 Å². The number of nitrogens with zero attached hydrogens (tertiary/aromatic N) is 6. The standard InChI is InChI=1S/C35H44F3N7O2S2/c1-21(44-14-10-28(11-15-44)49(5,46)47)19-45-27(18-39)16-29-22(2)25(6-7-30(29)45)20-43-12-8-26(9-13-43)42-33-32-23(3)31(17-35(36,37)38)48-34(32)41-24(4)40-33/h6-7,16,21,26,28H,8-15,17,19-20H2,1-5H3,(H,40,41,42)/t21-/m0/s1. The van der Waals surface area contributed by atoms with Gasteiger partial charge < -0.3 is 9.88 Å². The van der Waals surface area contributed by atoms with Gasteiger partial charge in [0, 0.05) is 60.3 Å². The molecule has 0 aliphatic carbocycles. The van der Waals surface area contributed by atoms with E-state index < -0.39 is 22.4 Å². The predicted molar refractivity (Wildman–Crippen MR) is 189 cm³/mol. The van der Waals surface area contributed by atoms with Crippen LogP contribution in [0.3, 0.4) is 0 Å². The average Bonchev–Trinajstić information content (AvgIpc) is 3.54.